The number of nitrogens with two attached hydrogens (primary N) is 1. The molecule has 0 saturated carbocycles. The smallest absolute Gasteiger partial charge is 0.336 e. The summed E-state index contributed by atoms with van der Waals surface area (Å²) in [6, 6.07) is 0. The van der Waals surface area contributed by atoms with Gasteiger partial charge in [-0.25, -0.2) is 22.9 Å². The first kappa shape index (κ1) is 14.4. The topological polar surface area (TPSA) is 137 Å². The summed E-state index contributed by atoms with van der Waals surface area (Å²) in [5.74, 6) is -1.10. The van der Waals surface area contributed by atoms with Crippen molar-refractivity contribution < 1.29 is 23.1 Å². The molecular weight excluding hydrogens is 264 g/mol. The molecule has 1 unspecified atom stereocenters. The van der Waals surface area contributed by atoms with Crippen molar-refractivity contribution in [2.45, 2.75) is 11.1 Å². The lowest BCUT2D eigenvalue weighted by atomic mass is 10.4. The molecule has 102 valence electrons. The van der Waals surface area contributed by atoms with Crippen LogP contribution in [0.4, 0.5) is 5.82 Å². The number of aryl methyl sites for hydroxylation is 1. The Balaban J connectivity index is 2.81. The number of rotatable bonds is 5. The summed E-state index contributed by atoms with van der Waals surface area (Å²) >= 11 is 0. The van der Waals surface area contributed by atoms with Gasteiger partial charge in [0, 0.05) is 13.6 Å². The van der Waals surface area contributed by atoms with E-state index in [1.165, 1.54) is 17.9 Å². The maximum Gasteiger partial charge on any atom is 0.336 e. The average Bonchev–Trinajstić information content (AvgIpc) is 2.65. The van der Waals surface area contributed by atoms with Gasteiger partial charge < -0.3 is 20.1 Å². The van der Waals surface area contributed by atoms with Crippen LogP contribution in [0.25, 0.3) is 0 Å². The zero-order chi connectivity index (χ0) is 13.9. The van der Waals surface area contributed by atoms with Crippen LogP contribution in [-0.4, -0.2) is 48.8 Å². The first-order chi connectivity index (χ1) is 8.29. The fraction of sp³-hybridized carbons (Fsp3) is 0.500. The van der Waals surface area contributed by atoms with Crippen LogP contribution in [0, 0.1) is 0 Å². The minimum absolute atomic E-state index is 0.169. The molecule has 18 heavy (non-hydrogen) atoms. The Kier molecular flexibility index (Phi) is 4.27. The van der Waals surface area contributed by atoms with Crippen LogP contribution < -0.4 is 10.5 Å². The van der Waals surface area contributed by atoms with Crippen molar-refractivity contribution in [3.8, 4) is 0 Å². The Morgan fingerprint density at radius 3 is 2.78 bits per heavy atom. The number of carbonyl (C=O) groups excluding carboxylic acids is 1. The second kappa shape index (κ2) is 5.33. The van der Waals surface area contributed by atoms with Crippen molar-refractivity contribution in [2.24, 2.45) is 7.05 Å². The number of esters is 1. The number of methoxy groups -OCH3 is 1. The van der Waals surface area contributed by atoms with Gasteiger partial charge in [-0.3, -0.25) is 0 Å². The molecule has 1 aromatic heterocycles. The molecular formula is C8H14N4O5S. The average molecular weight is 278 g/mol. The highest BCUT2D eigenvalue weighted by molar-refractivity contribution is 7.89. The Hall–Kier alpha value is -1.65. The number of ether oxygens (including phenoxy) is 1. The third kappa shape index (κ3) is 2.97. The zero-order valence-corrected chi connectivity index (χ0v) is 10.6. The van der Waals surface area contributed by atoms with E-state index in [9.17, 15) is 18.3 Å². The number of nitrogens with one attached hydrogen (secondary N) is 1. The maximum absolute atomic E-state index is 11.8. The quantitative estimate of drug-likeness (QED) is 0.520. The van der Waals surface area contributed by atoms with Crippen LogP contribution in [0.1, 0.15) is 0 Å². The lowest BCUT2D eigenvalue weighted by Crippen LogP contribution is -2.37. The van der Waals surface area contributed by atoms with Crippen LogP contribution in [0.2, 0.25) is 0 Å². The molecule has 0 saturated heterocycles. The first-order valence-corrected chi connectivity index (χ1v) is 6.30. The molecule has 0 fully saturated rings. The van der Waals surface area contributed by atoms with Crippen molar-refractivity contribution >= 4 is 21.8 Å². The van der Waals surface area contributed by atoms with Gasteiger partial charge in [0.25, 0.3) is 10.0 Å². The highest BCUT2D eigenvalue weighted by Gasteiger charge is 2.25. The first-order valence-electron chi connectivity index (χ1n) is 4.82. The standard InChI is InChI=1S/C8H14N4O5S/c1-12-4-10-6(9)7(12)18(15,16)11-3-5(13)8(14)17-2/h4-5,11,13H,3,9H2,1-2H3. The Bertz CT molecular complexity index is 518. The summed E-state index contributed by atoms with van der Waals surface area (Å²) in [6.07, 6.45) is -0.347. The van der Waals surface area contributed by atoms with E-state index < -0.39 is 28.6 Å². The second-order valence-electron chi connectivity index (χ2n) is 3.44. The highest BCUT2D eigenvalue weighted by Crippen LogP contribution is 2.14. The number of imidazole rings is 1. The molecule has 1 atom stereocenters. The Morgan fingerprint density at radius 1 is 1.72 bits per heavy atom. The minimum Gasteiger partial charge on any atom is -0.467 e. The van der Waals surface area contributed by atoms with Gasteiger partial charge >= 0.3 is 5.97 Å². The fourth-order valence-electron chi connectivity index (χ4n) is 1.24. The van der Waals surface area contributed by atoms with Gasteiger partial charge in [0.2, 0.25) is 0 Å². The molecule has 9 nitrogen and oxygen atoms in total. The normalized spacial score (nSPS) is 13.3. The summed E-state index contributed by atoms with van der Waals surface area (Å²) in [7, 11) is -1.42. The summed E-state index contributed by atoms with van der Waals surface area (Å²) in [5.41, 5.74) is 5.41. The van der Waals surface area contributed by atoms with Crippen molar-refractivity contribution in [3.05, 3.63) is 6.33 Å². The number of aliphatic hydroxyl groups excluding tert-OH is 1. The summed E-state index contributed by atoms with van der Waals surface area (Å²) in [6.45, 7) is -0.514. The molecule has 0 aromatic carbocycles. The number of aromatic nitrogens is 2. The number of nitrogens with zero attached hydrogens (tertiary/aromatic N) is 2. The van der Waals surface area contributed by atoms with Gasteiger partial charge in [0.1, 0.15) is 0 Å². The van der Waals surface area contributed by atoms with Gasteiger partial charge in [0.15, 0.2) is 16.9 Å². The highest BCUT2D eigenvalue weighted by atomic mass is 32.2. The largest absolute Gasteiger partial charge is 0.467 e. The summed E-state index contributed by atoms with van der Waals surface area (Å²) in [4.78, 5) is 14.5. The second-order valence-corrected chi connectivity index (χ2v) is 5.12. The van der Waals surface area contributed by atoms with Crippen LogP contribution in [-0.2, 0) is 26.6 Å². The molecule has 0 spiro atoms. The Labute approximate surface area is 104 Å². The van der Waals surface area contributed by atoms with E-state index >= 15 is 0 Å². The molecule has 0 amide bonds. The van der Waals surface area contributed by atoms with Crippen molar-refractivity contribution in [3.63, 3.8) is 0 Å². The van der Waals surface area contributed by atoms with E-state index in [-0.39, 0.29) is 10.8 Å². The van der Waals surface area contributed by atoms with Crippen LogP contribution in [0.15, 0.2) is 11.4 Å². The monoisotopic (exact) mass is 278 g/mol. The molecule has 0 radical (unpaired) electrons. The molecule has 4 N–H and O–H groups in total. The third-order valence-corrected chi connectivity index (χ3v) is 3.66. The number of carbonyl (C=O) groups is 1. The number of anilines is 1. The van der Waals surface area contributed by atoms with E-state index in [1.54, 1.807) is 0 Å². The molecule has 1 rings (SSSR count). The molecule has 10 heteroatoms. The van der Waals surface area contributed by atoms with E-state index in [4.69, 9.17) is 5.73 Å². The lowest BCUT2D eigenvalue weighted by molar-refractivity contribution is -0.149. The Morgan fingerprint density at radius 2 is 2.33 bits per heavy atom. The maximum atomic E-state index is 11.8. The van der Waals surface area contributed by atoms with Crippen LogP contribution >= 0.6 is 0 Å². The minimum atomic E-state index is -3.96. The van der Waals surface area contributed by atoms with E-state index in [0.29, 0.717) is 0 Å². The predicted octanol–water partition coefficient (Wildman–Crippen LogP) is -2.19. The van der Waals surface area contributed by atoms with Crippen LogP contribution in [0.5, 0.6) is 0 Å². The number of hydrogen-bond donors (Lipinski definition) is 3. The number of aliphatic hydroxyl groups is 1. The van der Waals surface area contributed by atoms with Gasteiger partial charge in [-0.15, -0.1) is 0 Å². The van der Waals surface area contributed by atoms with Crippen molar-refractivity contribution in [1.82, 2.24) is 14.3 Å². The molecule has 0 aliphatic heterocycles. The predicted molar refractivity (Wildman–Crippen MR) is 60.8 cm³/mol. The molecule has 0 bridgehead atoms. The third-order valence-electron chi connectivity index (χ3n) is 2.10. The molecule has 1 aromatic rings. The molecule has 0 aliphatic carbocycles. The van der Waals surface area contributed by atoms with Gasteiger partial charge in [-0.2, -0.15) is 0 Å². The summed E-state index contributed by atoms with van der Waals surface area (Å²) < 4.78 is 31.2. The zero-order valence-electron chi connectivity index (χ0n) is 9.82. The SMILES string of the molecule is COC(=O)C(O)CNS(=O)(=O)c1c(N)ncn1C. The van der Waals surface area contributed by atoms with Gasteiger partial charge in [-0.1, -0.05) is 0 Å². The van der Waals surface area contributed by atoms with Crippen LogP contribution in [0.3, 0.4) is 0 Å². The van der Waals surface area contributed by atoms with Crippen molar-refractivity contribution in [2.75, 3.05) is 19.4 Å². The van der Waals surface area contributed by atoms with Gasteiger partial charge in [-0.05, 0) is 0 Å². The van der Waals surface area contributed by atoms with Gasteiger partial charge in [0.05, 0.1) is 13.4 Å². The molecule has 0 aliphatic rings. The number of hydrogen-bond acceptors (Lipinski definition) is 7. The van der Waals surface area contributed by atoms with E-state index in [2.05, 4.69) is 9.72 Å². The van der Waals surface area contributed by atoms with E-state index in [1.807, 2.05) is 4.72 Å². The molecule has 1 heterocycles. The lowest BCUT2D eigenvalue weighted by Gasteiger charge is -2.10. The summed E-state index contributed by atoms with van der Waals surface area (Å²) in [5, 5.41) is 9.03. The van der Waals surface area contributed by atoms with E-state index in [0.717, 1.165) is 7.11 Å². The number of sulfonamides is 1. The van der Waals surface area contributed by atoms with Crippen molar-refractivity contribution in [1.29, 1.82) is 0 Å². The fourth-order valence-corrected chi connectivity index (χ4v) is 2.51. The number of nitrogen functional groups attached to an aromatic ring is 1.